The summed E-state index contributed by atoms with van der Waals surface area (Å²) in [5, 5.41) is 0. The predicted octanol–water partition coefficient (Wildman–Crippen LogP) is 1.69. The summed E-state index contributed by atoms with van der Waals surface area (Å²) in [7, 11) is -3.75. The highest BCUT2D eigenvalue weighted by atomic mass is 28.4. The maximum absolute atomic E-state index is 11.0. The maximum Gasteiger partial charge on any atom is 0.764 e. The average molecular weight is 342 g/mol. The molecule has 0 spiro atoms. The van der Waals surface area contributed by atoms with Crippen molar-refractivity contribution < 1.29 is 42.4 Å². The standard InChI is InChI=1S/C12H26O9Si/c1-5-12(13)14-10-9-11-18-22(19-15-6-2,20-16-7-3)21-17-8-4/h5-11H2,1-4H3. The van der Waals surface area contributed by atoms with E-state index in [1.165, 1.54) is 0 Å². The summed E-state index contributed by atoms with van der Waals surface area (Å²) in [4.78, 5) is 25.5. The Morgan fingerprint density at radius 1 is 0.818 bits per heavy atom. The van der Waals surface area contributed by atoms with E-state index < -0.39 is 9.05 Å². The van der Waals surface area contributed by atoms with Crippen molar-refractivity contribution in [2.45, 2.75) is 40.5 Å². The van der Waals surface area contributed by atoms with Crippen LogP contribution in [-0.2, 0) is 42.4 Å². The van der Waals surface area contributed by atoms with Crippen molar-refractivity contribution in [3.8, 4) is 0 Å². The first kappa shape index (κ1) is 21.4. The highest BCUT2D eigenvalue weighted by Gasteiger charge is 2.52. The summed E-state index contributed by atoms with van der Waals surface area (Å²) in [5.41, 5.74) is 0. The molecule has 0 aromatic heterocycles. The summed E-state index contributed by atoms with van der Waals surface area (Å²) in [6.07, 6.45) is 0.759. The molecular formula is C12H26O9Si. The fourth-order valence-corrected chi connectivity index (χ4v) is 2.46. The van der Waals surface area contributed by atoms with Crippen molar-refractivity contribution >= 4 is 15.0 Å². The van der Waals surface area contributed by atoms with Crippen LogP contribution in [0.3, 0.4) is 0 Å². The van der Waals surface area contributed by atoms with Gasteiger partial charge in [-0.1, -0.05) is 6.92 Å². The Morgan fingerprint density at radius 3 is 1.73 bits per heavy atom. The lowest BCUT2D eigenvalue weighted by atomic mass is 10.5. The number of carbonyl (C=O) groups excluding carboxylic acids is 1. The SMILES string of the molecule is CCOO[Si](OCCCOC(=O)CC)(OOCC)OOCC. The zero-order valence-corrected chi connectivity index (χ0v) is 14.6. The minimum absolute atomic E-state index is 0.149. The van der Waals surface area contributed by atoms with Gasteiger partial charge >= 0.3 is 15.0 Å². The minimum Gasteiger partial charge on any atom is -0.466 e. The molecule has 0 saturated carbocycles. The molecule has 0 bridgehead atoms. The molecule has 0 rings (SSSR count). The lowest BCUT2D eigenvalue weighted by Gasteiger charge is -2.23. The Bertz CT molecular complexity index is 256. The number of hydrogen-bond acceptors (Lipinski definition) is 9. The van der Waals surface area contributed by atoms with Crippen LogP contribution in [0.5, 0.6) is 0 Å². The molecule has 10 heteroatoms. The zero-order valence-electron chi connectivity index (χ0n) is 13.6. The first-order valence-electron chi connectivity index (χ1n) is 7.35. The third kappa shape index (κ3) is 10.2. The van der Waals surface area contributed by atoms with Crippen LogP contribution in [-0.4, -0.2) is 48.1 Å². The molecule has 0 aliphatic heterocycles. The molecule has 0 amide bonds. The van der Waals surface area contributed by atoms with Crippen LogP contribution < -0.4 is 0 Å². The first-order chi connectivity index (χ1) is 10.6. The zero-order chi connectivity index (χ0) is 16.7. The monoisotopic (exact) mass is 342 g/mol. The summed E-state index contributed by atoms with van der Waals surface area (Å²) in [5.74, 6) is -0.273. The average Bonchev–Trinajstić information content (AvgIpc) is 2.55. The molecule has 9 nitrogen and oxygen atoms in total. The van der Waals surface area contributed by atoms with Crippen LogP contribution in [0.4, 0.5) is 0 Å². The van der Waals surface area contributed by atoms with Gasteiger partial charge in [0, 0.05) is 19.4 Å². The van der Waals surface area contributed by atoms with E-state index in [9.17, 15) is 4.79 Å². The molecule has 0 atom stereocenters. The lowest BCUT2D eigenvalue weighted by molar-refractivity contribution is -0.385. The molecule has 0 aromatic rings. The van der Waals surface area contributed by atoms with Gasteiger partial charge in [0.25, 0.3) is 0 Å². The fourth-order valence-electron chi connectivity index (χ4n) is 1.05. The van der Waals surface area contributed by atoms with E-state index in [-0.39, 0.29) is 39.0 Å². The minimum atomic E-state index is -3.75. The molecule has 0 saturated heterocycles. The summed E-state index contributed by atoms with van der Waals surface area (Å²) >= 11 is 0. The normalized spacial score (nSPS) is 11.6. The summed E-state index contributed by atoms with van der Waals surface area (Å²) in [6, 6.07) is 0. The van der Waals surface area contributed by atoms with E-state index in [4.69, 9.17) is 37.6 Å². The number of rotatable bonds is 15. The van der Waals surface area contributed by atoms with Crippen molar-refractivity contribution in [3.63, 3.8) is 0 Å². The van der Waals surface area contributed by atoms with Gasteiger partial charge in [-0.2, -0.15) is 13.7 Å². The third-order valence-electron chi connectivity index (χ3n) is 1.96. The molecule has 0 unspecified atom stereocenters. The highest BCUT2D eigenvalue weighted by Crippen LogP contribution is 2.14. The smallest absolute Gasteiger partial charge is 0.466 e. The van der Waals surface area contributed by atoms with Crippen LogP contribution in [0.2, 0.25) is 0 Å². The van der Waals surface area contributed by atoms with Gasteiger partial charge < -0.3 is 9.16 Å². The van der Waals surface area contributed by atoms with Gasteiger partial charge in [-0.25, -0.2) is 14.7 Å². The number of hydrogen-bond donors (Lipinski definition) is 0. The topological polar surface area (TPSA) is 90.9 Å². The second kappa shape index (κ2) is 14.0. The fraction of sp³-hybridized carbons (Fsp3) is 0.917. The van der Waals surface area contributed by atoms with Crippen LogP contribution in [0, 0.1) is 0 Å². The van der Waals surface area contributed by atoms with Crippen molar-refractivity contribution in [2.75, 3.05) is 33.0 Å². The van der Waals surface area contributed by atoms with E-state index in [1.807, 2.05) is 0 Å². The van der Waals surface area contributed by atoms with Gasteiger partial charge in [-0.3, -0.25) is 4.79 Å². The second-order valence-electron chi connectivity index (χ2n) is 3.75. The lowest BCUT2D eigenvalue weighted by Crippen LogP contribution is -2.49. The van der Waals surface area contributed by atoms with Crippen molar-refractivity contribution in [1.29, 1.82) is 0 Å². The van der Waals surface area contributed by atoms with E-state index in [0.29, 0.717) is 12.8 Å². The largest absolute Gasteiger partial charge is 0.764 e. The van der Waals surface area contributed by atoms with Gasteiger partial charge in [-0.15, -0.1) is 0 Å². The molecule has 0 heterocycles. The number of carbonyl (C=O) groups is 1. The summed E-state index contributed by atoms with van der Waals surface area (Å²) in [6.45, 7) is 8.05. The van der Waals surface area contributed by atoms with E-state index >= 15 is 0 Å². The number of ether oxygens (including phenoxy) is 1. The Labute approximate surface area is 131 Å². The van der Waals surface area contributed by atoms with Crippen LogP contribution in [0.1, 0.15) is 40.5 Å². The van der Waals surface area contributed by atoms with Gasteiger partial charge in [0.2, 0.25) is 0 Å². The van der Waals surface area contributed by atoms with Crippen molar-refractivity contribution in [2.24, 2.45) is 0 Å². The molecule has 0 aliphatic rings. The van der Waals surface area contributed by atoms with Gasteiger partial charge in [-0.05, 0) is 20.8 Å². The second-order valence-corrected chi connectivity index (χ2v) is 5.53. The quantitative estimate of drug-likeness (QED) is 0.145. The van der Waals surface area contributed by atoms with Gasteiger partial charge in [0.05, 0.1) is 26.4 Å². The Morgan fingerprint density at radius 2 is 1.32 bits per heavy atom. The van der Waals surface area contributed by atoms with E-state index in [0.717, 1.165) is 0 Å². The predicted molar refractivity (Wildman–Crippen MR) is 75.7 cm³/mol. The Kier molecular flexibility index (Phi) is 13.6. The van der Waals surface area contributed by atoms with E-state index in [2.05, 4.69) is 0 Å². The van der Waals surface area contributed by atoms with Crippen LogP contribution >= 0.6 is 0 Å². The molecule has 0 aromatic carbocycles. The first-order valence-corrected chi connectivity index (χ1v) is 8.98. The molecule has 0 N–H and O–H groups in total. The van der Waals surface area contributed by atoms with E-state index in [1.54, 1.807) is 27.7 Å². The van der Waals surface area contributed by atoms with Crippen molar-refractivity contribution in [3.05, 3.63) is 0 Å². The Hall–Kier alpha value is -0.593. The molecule has 132 valence electrons. The maximum atomic E-state index is 11.0. The van der Waals surface area contributed by atoms with Gasteiger partial charge in [0.15, 0.2) is 0 Å². The molecule has 0 radical (unpaired) electrons. The number of esters is 1. The third-order valence-corrected chi connectivity index (χ3v) is 3.48. The van der Waals surface area contributed by atoms with Gasteiger partial charge in [0.1, 0.15) is 0 Å². The molecule has 22 heavy (non-hydrogen) atoms. The van der Waals surface area contributed by atoms with Crippen molar-refractivity contribution in [1.82, 2.24) is 0 Å². The Balaban J connectivity index is 4.35. The van der Waals surface area contributed by atoms with Crippen LogP contribution in [0.25, 0.3) is 0 Å². The highest BCUT2D eigenvalue weighted by molar-refractivity contribution is 6.52. The summed E-state index contributed by atoms with van der Waals surface area (Å²) < 4.78 is 25.5. The molecule has 0 fully saturated rings. The van der Waals surface area contributed by atoms with Crippen LogP contribution in [0.15, 0.2) is 0 Å². The molecule has 0 aliphatic carbocycles. The molecular weight excluding hydrogens is 316 g/mol.